The summed E-state index contributed by atoms with van der Waals surface area (Å²) < 4.78 is 0. The zero-order chi connectivity index (χ0) is 9.23. The van der Waals surface area contributed by atoms with Gasteiger partial charge in [0.15, 0.2) is 0 Å². The summed E-state index contributed by atoms with van der Waals surface area (Å²) in [5.41, 5.74) is 0. The van der Waals surface area contributed by atoms with E-state index in [1.165, 1.54) is 32.1 Å². The van der Waals surface area contributed by atoms with Crippen LogP contribution in [0.15, 0.2) is 12.2 Å². The largest absolute Gasteiger partial charge is 0.0877 e. The molecule has 72 valence electrons. The molecule has 0 spiro atoms. The highest BCUT2D eigenvalue weighted by Crippen LogP contribution is 2.13. The van der Waals surface area contributed by atoms with E-state index in [1.807, 2.05) is 0 Å². The van der Waals surface area contributed by atoms with Crippen molar-refractivity contribution in [2.75, 3.05) is 0 Å². The molecule has 0 saturated carbocycles. The number of rotatable bonds is 7. The maximum atomic E-state index is 3.64. The van der Waals surface area contributed by atoms with Gasteiger partial charge >= 0.3 is 0 Å². The molecule has 1 unspecified atom stereocenters. The molecule has 0 aliphatic heterocycles. The standard InChI is InChI=1S/C11H21Br/c1-3-5-7-8-10-11(12)9-6-4-2/h6,9,11H,3-5,7-8,10H2,1-2H3/b9-6+. The highest BCUT2D eigenvalue weighted by atomic mass is 79.9. The smallest absolute Gasteiger partial charge is 0.0325 e. The highest BCUT2D eigenvalue weighted by Gasteiger charge is 1.97. The predicted molar refractivity (Wildman–Crippen MR) is 60.9 cm³/mol. The first-order valence-electron chi connectivity index (χ1n) is 5.12. The van der Waals surface area contributed by atoms with Crippen LogP contribution < -0.4 is 0 Å². The lowest BCUT2D eigenvalue weighted by Crippen LogP contribution is -1.91. The molecule has 0 radical (unpaired) electrons. The lowest BCUT2D eigenvalue weighted by atomic mass is 10.1. The molecule has 0 fully saturated rings. The van der Waals surface area contributed by atoms with E-state index < -0.39 is 0 Å². The Balaban J connectivity index is 3.19. The fraction of sp³-hybridized carbons (Fsp3) is 0.818. The van der Waals surface area contributed by atoms with Gasteiger partial charge in [-0.15, -0.1) is 0 Å². The quantitative estimate of drug-likeness (QED) is 0.340. The second kappa shape index (κ2) is 9.31. The molecule has 0 aromatic rings. The van der Waals surface area contributed by atoms with Crippen molar-refractivity contribution >= 4 is 15.9 Å². The second-order valence-electron chi connectivity index (χ2n) is 3.20. The van der Waals surface area contributed by atoms with Crippen LogP contribution in [-0.4, -0.2) is 4.83 Å². The summed E-state index contributed by atoms with van der Waals surface area (Å²) in [6.07, 6.45) is 12.4. The molecular weight excluding hydrogens is 212 g/mol. The average molecular weight is 233 g/mol. The van der Waals surface area contributed by atoms with Gasteiger partial charge in [0.05, 0.1) is 0 Å². The van der Waals surface area contributed by atoms with Crippen molar-refractivity contribution in [2.24, 2.45) is 0 Å². The molecule has 0 N–H and O–H groups in total. The molecule has 0 rings (SSSR count). The van der Waals surface area contributed by atoms with Crippen LogP contribution in [0.5, 0.6) is 0 Å². The molecule has 0 heterocycles. The Morgan fingerprint density at radius 2 is 1.92 bits per heavy atom. The summed E-state index contributed by atoms with van der Waals surface area (Å²) >= 11 is 3.64. The van der Waals surface area contributed by atoms with Crippen LogP contribution in [0.1, 0.15) is 52.4 Å². The van der Waals surface area contributed by atoms with Crippen molar-refractivity contribution in [3.63, 3.8) is 0 Å². The minimum atomic E-state index is 0.606. The Bertz CT molecular complexity index is 108. The highest BCUT2D eigenvalue weighted by molar-refractivity contribution is 9.09. The van der Waals surface area contributed by atoms with E-state index in [1.54, 1.807) is 0 Å². The Morgan fingerprint density at radius 3 is 2.50 bits per heavy atom. The van der Waals surface area contributed by atoms with Crippen molar-refractivity contribution in [3.05, 3.63) is 12.2 Å². The summed E-state index contributed by atoms with van der Waals surface area (Å²) in [6, 6.07) is 0. The van der Waals surface area contributed by atoms with Gasteiger partial charge < -0.3 is 0 Å². The van der Waals surface area contributed by atoms with Crippen LogP contribution in [0, 0.1) is 0 Å². The summed E-state index contributed by atoms with van der Waals surface area (Å²) in [6.45, 7) is 4.43. The monoisotopic (exact) mass is 232 g/mol. The first-order valence-corrected chi connectivity index (χ1v) is 6.03. The van der Waals surface area contributed by atoms with Crippen LogP contribution in [0.3, 0.4) is 0 Å². The molecule has 0 nitrogen and oxygen atoms in total. The molecule has 1 atom stereocenters. The van der Waals surface area contributed by atoms with E-state index in [-0.39, 0.29) is 0 Å². The van der Waals surface area contributed by atoms with Gasteiger partial charge in [0.2, 0.25) is 0 Å². The molecule has 0 aliphatic carbocycles. The van der Waals surface area contributed by atoms with Gasteiger partial charge in [0.25, 0.3) is 0 Å². The van der Waals surface area contributed by atoms with Crippen molar-refractivity contribution < 1.29 is 0 Å². The number of allylic oxidation sites excluding steroid dienone is 2. The number of hydrogen-bond acceptors (Lipinski definition) is 0. The van der Waals surface area contributed by atoms with E-state index >= 15 is 0 Å². The third kappa shape index (κ3) is 8.32. The number of alkyl halides is 1. The summed E-state index contributed by atoms with van der Waals surface area (Å²) in [5.74, 6) is 0. The van der Waals surface area contributed by atoms with Crippen LogP contribution in [0.25, 0.3) is 0 Å². The molecule has 0 amide bonds. The summed E-state index contributed by atoms with van der Waals surface area (Å²) in [5, 5.41) is 0. The first-order chi connectivity index (χ1) is 5.81. The number of halogens is 1. The summed E-state index contributed by atoms with van der Waals surface area (Å²) in [7, 11) is 0. The minimum Gasteiger partial charge on any atom is -0.0877 e. The van der Waals surface area contributed by atoms with E-state index in [0.717, 1.165) is 6.42 Å². The zero-order valence-electron chi connectivity index (χ0n) is 8.35. The van der Waals surface area contributed by atoms with E-state index in [9.17, 15) is 0 Å². The second-order valence-corrected chi connectivity index (χ2v) is 4.38. The molecule has 0 aromatic heterocycles. The first kappa shape index (κ1) is 12.2. The van der Waals surface area contributed by atoms with Crippen LogP contribution in [-0.2, 0) is 0 Å². The lowest BCUT2D eigenvalue weighted by molar-refractivity contribution is 0.644. The Hall–Kier alpha value is 0.220. The van der Waals surface area contributed by atoms with Crippen molar-refractivity contribution in [1.29, 1.82) is 0 Å². The minimum absolute atomic E-state index is 0.606. The van der Waals surface area contributed by atoms with Crippen molar-refractivity contribution in [3.8, 4) is 0 Å². The van der Waals surface area contributed by atoms with Crippen LogP contribution in [0.2, 0.25) is 0 Å². The SMILES string of the molecule is CC/C=C/C(Br)CCCCCC. The van der Waals surface area contributed by atoms with Gasteiger partial charge in [-0.05, 0) is 12.8 Å². The van der Waals surface area contributed by atoms with Crippen molar-refractivity contribution in [1.82, 2.24) is 0 Å². The molecule has 0 aromatic carbocycles. The van der Waals surface area contributed by atoms with E-state index in [4.69, 9.17) is 0 Å². The van der Waals surface area contributed by atoms with Gasteiger partial charge in [-0.25, -0.2) is 0 Å². The molecule has 1 heteroatoms. The number of hydrogen-bond donors (Lipinski definition) is 0. The fourth-order valence-electron chi connectivity index (χ4n) is 1.15. The van der Waals surface area contributed by atoms with Gasteiger partial charge in [0.1, 0.15) is 0 Å². The average Bonchev–Trinajstić information content (AvgIpc) is 2.09. The predicted octanol–water partition coefficient (Wildman–Crippen LogP) is 4.69. The van der Waals surface area contributed by atoms with Gasteiger partial charge in [-0.3, -0.25) is 0 Å². The molecule has 0 aliphatic rings. The maximum absolute atomic E-state index is 3.64. The third-order valence-corrected chi connectivity index (χ3v) is 2.68. The third-order valence-electron chi connectivity index (χ3n) is 1.91. The van der Waals surface area contributed by atoms with Gasteiger partial charge in [-0.2, -0.15) is 0 Å². The normalized spacial score (nSPS) is 13.9. The Labute approximate surface area is 85.6 Å². The zero-order valence-corrected chi connectivity index (χ0v) is 9.94. The Kier molecular flexibility index (Phi) is 9.48. The Morgan fingerprint density at radius 1 is 1.17 bits per heavy atom. The van der Waals surface area contributed by atoms with Gasteiger partial charge in [-0.1, -0.05) is 67.6 Å². The van der Waals surface area contributed by atoms with Crippen molar-refractivity contribution in [2.45, 2.75) is 57.2 Å². The topological polar surface area (TPSA) is 0 Å². The summed E-state index contributed by atoms with van der Waals surface area (Å²) in [4.78, 5) is 0.606. The molecular formula is C11H21Br. The molecule has 0 saturated heterocycles. The maximum Gasteiger partial charge on any atom is 0.0325 e. The van der Waals surface area contributed by atoms with E-state index in [0.29, 0.717) is 4.83 Å². The lowest BCUT2D eigenvalue weighted by Gasteiger charge is -2.03. The fourth-order valence-corrected chi connectivity index (χ4v) is 1.69. The van der Waals surface area contributed by atoms with Crippen LogP contribution >= 0.6 is 15.9 Å². The number of unbranched alkanes of at least 4 members (excludes halogenated alkanes) is 3. The molecule has 12 heavy (non-hydrogen) atoms. The van der Waals surface area contributed by atoms with Gasteiger partial charge in [0, 0.05) is 4.83 Å². The van der Waals surface area contributed by atoms with Crippen LogP contribution in [0.4, 0.5) is 0 Å². The van der Waals surface area contributed by atoms with E-state index in [2.05, 4.69) is 41.9 Å². The molecule has 0 bridgehead atoms.